The predicted molar refractivity (Wildman–Crippen MR) is 144 cm³/mol. The van der Waals surface area contributed by atoms with E-state index in [1.165, 1.54) is 6.07 Å². The second-order valence-electron chi connectivity index (χ2n) is 9.92. The van der Waals surface area contributed by atoms with Crippen LogP contribution in [0.25, 0.3) is 22.0 Å². The van der Waals surface area contributed by atoms with Gasteiger partial charge >= 0.3 is 6.09 Å². The zero-order chi connectivity index (χ0) is 26.5. The number of rotatable bonds is 9. The van der Waals surface area contributed by atoms with Crippen molar-refractivity contribution in [2.24, 2.45) is 5.41 Å². The van der Waals surface area contributed by atoms with Crippen LogP contribution in [0.2, 0.25) is 0 Å². The normalized spacial score (nSPS) is 13.1. The first kappa shape index (κ1) is 26.7. The maximum atomic E-state index is 12.9. The summed E-state index contributed by atoms with van der Waals surface area (Å²) >= 11 is 0. The number of pyridine rings is 1. The molecule has 2 aromatic carbocycles. The zero-order valence-corrected chi connectivity index (χ0v) is 21.3. The number of anilines is 1. The van der Waals surface area contributed by atoms with Gasteiger partial charge in [-0.05, 0) is 48.1 Å². The number of aromatic nitrogens is 1. The van der Waals surface area contributed by atoms with E-state index < -0.39 is 17.1 Å². The molecule has 0 spiro atoms. The number of ether oxygens (including phenoxy) is 1. The second-order valence-corrected chi connectivity index (χ2v) is 9.92. The van der Waals surface area contributed by atoms with Gasteiger partial charge in [-0.25, -0.2) is 4.79 Å². The molecule has 0 aliphatic heterocycles. The summed E-state index contributed by atoms with van der Waals surface area (Å²) in [4.78, 5) is 29.1. The molecule has 1 unspecified atom stereocenters. The maximum Gasteiger partial charge on any atom is 0.407 e. The van der Waals surface area contributed by atoms with Gasteiger partial charge in [0.25, 0.3) is 5.69 Å². The number of nitrogen functional groups attached to an aromatic ring is 1. The van der Waals surface area contributed by atoms with Crippen LogP contribution in [0.4, 0.5) is 16.2 Å². The number of nitrogens with one attached hydrogen (secondary N) is 1. The van der Waals surface area contributed by atoms with Crippen LogP contribution in [0.1, 0.15) is 58.7 Å². The number of hydrogen-bond donors (Lipinski definition) is 2. The van der Waals surface area contributed by atoms with Crippen LogP contribution < -0.4 is 11.1 Å². The van der Waals surface area contributed by atoms with Crippen LogP contribution in [0.5, 0.6) is 0 Å². The minimum Gasteiger partial charge on any atom is -0.446 e. The van der Waals surface area contributed by atoms with Crippen molar-refractivity contribution in [2.75, 3.05) is 5.73 Å². The van der Waals surface area contributed by atoms with E-state index in [0.29, 0.717) is 34.4 Å². The van der Waals surface area contributed by atoms with Crippen LogP contribution in [0.15, 0.2) is 61.2 Å². The predicted octanol–water partition coefficient (Wildman–Crippen LogP) is 6.95. The van der Waals surface area contributed by atoms with Gasteiger partial charge in [0.05, 0.1) is 27.7 Å². The average Bonchev–Trinajstić information content (AvgIpc) is 2.82. The Bertz CT molecular complexity index is 1270. The van der Waals surface area contributed by atoms with E-state index in [9.17, 15) is 14.9 Å². The fourth-order valence-electron chi connectivity index (χ4n) is 4.18. The van der Waals surface area contributed by atoms with E-state index >= 15 is 0 Å². The Kier molecular flexibility index (Phi) is 8.29. The lowest BCUT2D eigenvalue weighted by Crippen LogP contribution is -2.37. The molecule has 0 bridgehead atoms. The highest BCUT2D eigenvalue weighted by Crippen LogP contribution is 2.37. The molecular formula is C28H34N4O4. The third-order valence-electron chi connectivity index (χ3n) is 6.06. The van der Waals surface area contributed by atoms with Gasteiger partial charge in [0.1, 0.15) is 6.10 Å². The summed E-state index contributed by atoms with van der Waals surface area (Å²) in [5.74, 6) is 0. The highest BCUT2D eigenvalue weighted by atomic mass is 16.6. The first-order chi connectivity index (χ1) is 17.0. The highest BCUT2D eigenvalue weighted by Gasteiger charge is 2.29. The molecule has 190 valence electrons. The quantitative estimate of drug-likeness (QED) is 0.145. The molecule has 3 rings (SSSR count). The minimum atomic E-state index is -0.537. The minimum absolute atomic E-state index is 0.0995. The summed E-state index contributed by atoms with van der Waals surface area (Å²) in [6.45, 7) is 12.0. The first-order valence-corrected chi connectivity index (χ1v) is 12.1. The second kappa shape index (κ2) is 11.2. The van der Waals surface area contributed by atoms with Crippen LogP contribution in [-0.4, -0.2) is 22.1 Å². The molecule has 2 atom stereocenters. The standard InChI is InChI=1S/C28H34N4O4/c1-6-10-23(31-27(33)36-26(11-7-2)28(3,4)5)24-17-21(19-12-8-9-13-22(19)30-24)20-15-14-18(29)16-25(20)32(34)35/h6,8-9,12-17,23,26H,1,7,10-11,29H2,2-5H3,(H,31,33)/t23-,26?/m0/s1. The third-order valence-corrected chi connectivity index (χ3v) is 6.06. The van der Waals surface area contributed by atoms with Crippen LogP contribution in [0.3, 0.4) is 0 Å². The molecular weight excluding hydrogens is 456 g/mol. The van der Waals surface area contributed by atoms with E-state index in [0.717, 1.165) is 18.2 Å². The van der Waals surface area contributed by atoms with Gasteiger partial charge in [-0.15, -0.1) is 6.58 Å². The van der Waals surface area contributed by atoms with Crippen molar-refractivity contribution in [3.8, 4) is 11.1 Å². The lowest BCUT2D eigenvalue weighted by atomic mass is 9.86. The van der Waals surface area contributed by atoms with E-state index in [2.05, 4.69) is 18.8 Å². The molecule has 3 aromatic rings. The molecule has 0 radical (unpaired) electrons. The number of benzene rings is 2. The largest absolute Gasteiger partial charge is 0.446 e. The summed E-state index contributed by atoms with van der Waals surface area (Å²) in [6, 6.07) is 13.3. The molecule has 1 aromatic heterocycles. The van der Waals surface area contributed by atoms with E-state index in [4.69, 9.17) is 15.5 Å². The SMILES string of the molecule is C=CC[C@H](NC(=O)OC(CCC)C(C)(C)C)c1cc(-c2ccc(N)cc2[N+](=O)[O-])c2ccccc2n1. The maximum absolute atomic E-state index is 12.9. The van der Waals surface area contributed by atoms with Crippen LogP contribution in [-0.2, 0) is 4.74 Å². The summed E-state index contributed by atoms with van der Waals surface area (Å²) in [5, 5.41) is 15.5. The number of amides is 1. The van der Waals surface area contributed by atoms with Gasteiger partial charge in [-0.3, -0.25) is 15.1 Å². The number of nitro groups is 1. The Morgan fingerprint density at radius 1 is 1.22 bits per heavy atom. The Balaban J connectivity index is 2.07. The topological polar surface area (TPSA) is 120 Å². The smallest absolute Gasteiger partial charge is 0.407 e. The highest BCUT2D eigenvalue weighted by molar-refractivity contribution is 5.97. The number of carbonyl (C=O) groups is 1. The Labute approximate surface area is 211 Å². The lowest BCUT2D eigenvalue weighted by molar-refractivity contribution is -0.384. The van der Waals surface area contributed by atoms with Crippen molar-refractivity contribution in [2.45, 2.75) is 59.1 Å². The third kappa shape index (κ3) is 6.19. The molecule has 0 aliphatic rings. The summed E-state index contributed by atoms with van der Waals surface area (Å²) in [7, 11) is 0. The van der Waals surface area contributed by atoms with Gasteiger partial charge in [0, 0.05) is 17.1 Å². The van der Waals surface area contributed by atoms with Crippen molar-refractivity contribution < 1.29 is 14.5 Å². The van der Waals surface area contributed by atoms with Gasteiger partial charge in [-0.2, -0.15) is 0 Å². The summed E-state index contributed by atoms with van der Waals surface area (Å²) in [5.41, 5.74) is 8.08. The van der Waals surface area contributed by atoms with Gasteiger partial charge in [0.2, 0.25) is 0 Å². The Morgan fingerprint density at radius 3 is 2.58 bits per heavy atom. The first-order valence-electron chi connectivity index (χ1n) is 12.1. The van der Waals surface area contributed by atoms with E-state index in [-0.39, 0.29) is 17.2 Å². The number of para-hydroxylation sites is 1. The number of nitrogens with zero attached hydrogens (tertiary/aromatic N) is 2. The fraction of sp³-hybridized carbons (Fsp3) is 0.357. The molecule has 0 saturated carbocycles. The van der Waals surface area contributed by atoms with Crippen molar-refractivity contribution in [1.29, 1.82) is 0 Å². The fourth-order valence-corrected chi connectivity index (χ4v) is 4.18. The molecule has 3 N–H and O–H groups in total. The van der Waals surface area contributed by atoms with Crippen molar-refractivity contribution >= 4 is 28.4 Å². The molecule has 0 aliphatic carbocycles. The van der Waals surface area contributed by atoms with Gasteiger partial charge in [-0.1, -0.05) is 58.4 Å². The molecule has 0 fully saturated rings. The molecule has 1 amide bonds. The molecule has 36 heavy (non-hydrogen) atoms. The number of nitrogens with two attached hydrogens (primary N) is 1. The zero-order valence-electron chi connectivity index (χ0n) is 21.3. The number of fused-ring (bicyclic) bond motifs is 1. The number of alkyl carbamates (subject to hydrolysis) is 1. The van der Waals surface area contributed by atoms with Crippen LogP contribution in [0, 0.1) is 15.5 Å². The summed E-state index contributed by atoms with van der Waals surface area (Å²) in [6.07, 6.45) is 2.95. The molecule has 1 heterocycles. The average molecular weight is 491 g/mol. The number of carbonyl (C=O) groups excluding carboxylic acids is 1. The lowest BCUT2D eigenvalue weighted by Gasteiger charge is -2.30. The van der Waals surface area contributed by atoms with Crippen molar-refractivity contribution in [3.63, 3.8) is 0 Å². The molecule has 0 saturated heterocycles. The summed E-state index contributed by atoms with van der Waals surface area (Å²) < 4.78 is 5.80. The monoisotopic (exact) mass is 490 g/mol. The van der Waals surface area contributed by atoms with Gasteiger partial charge in [0.15, 0.2) is 0 Å². The molecule has 8 heteroatoms. The molecule has 8 nitrogen and oxygen atoms in total. The van der Waals surface area contributed by atoms with E-state index in [1.807, 2.05) is 45.0 Å². The van der Waals surface area contributed by atoms with Gasteiger partial charge < -0.3 is 15.8 Å². The number of hydrogen-bond acceptors (Lipinski definition) is 6. The van der Waals surface area contributed by atoms with E-state index in [1.54, 1.807) is 24.3 Å². The van der Waals surface area contributed by atoms with Crippen molar-refractivity contribution in [1.82, 2.24) is 10.3 Å². The Morgan fingerprint density at radius 2 is 1.94 bits per heavy atom. The van der Waals surface area contributed by atoms with Crippen LogP contribution >= 0.6 is 0 Å². The Hall–Kier alpha value is -3.94. The number of nitro benzene ring substituents is 1. The van der Waals surface area contributed by atoms with Crippen molar-refractivity contribution in [3.05, 3.63) is 77.0 Å².